The lowest BCUT2D eigenvalue weighted by molar-refractivity contribution is -0.141. The molecule has 184 valence electrons. The van der Waals surface area contributed by atoms with Crippen molar-refractivity contribution in [1.29, 1.82) is 0 Å². The molecule has 0 fully saturated rings. The molecule has 0 aliphatic rings. The number of hydrogen-bond acceptors (Lipinski definition) is 3. The fraction of sp³-hybridized carbons (Fsp3) is 0.280. The van der Waals surface area contributed by atoms with Gasteiger partial charge in [0.1, 0.15) is 21.9 Å². The number of halogens is 6. The highest BCUT2D eigenvalue weighted by molar-refractivity contribution is 9.10. The van der Waals surface area contributed by atoms with Gasteiger partial charge in [-0.15, -0.1) is 0 Å². The molecule has 3 heterocycles. The number of fused-ring (bicyclic) bond motifs is 1. The van der Waals surface area contributed by atoms with Crippen molar-refractivity contribution in [2.75, 3.05) is 0 Å². The van der Waals surface area contributed by atoms with Gasteiger partial charge < -0.3 is 9.14 Å². The average Bonchev–Trinajstić information content (AvgIpc) is 3.13. The molecule has 35 heavy (non-hydrogen) atoms. The van der Waals surface area contributed by atoms with Crippen molar-refractivity contribution in [1.82, 2.24) is 14.4 Å². The van der Waals surface area contributed by atoms with Crippen LogP contribution in [0.5, 0.6) is 5.75 Å². The predicted octanol–water partition coefficient (Wildman–Crippen LogP) is 8.73. The zero-order valence-corrected chi connectivity index (χ0v) is 22.3. The molecular weight excluding hydrogens is 566 g/mol. The molecule has 0 saturated carbocycles. The van der Waals surface area contributed by atoms with Gasteiger partial charge in [-0.2, -0.15) is 13.2 Å². The lowest BCUT2D eigenvalue weighted by atomic mass is 9.91. The Labute approximate surface area is 219 Å². The Morgan fingerprint density at radius 2 is 1.80 bits per heavy atom. The number of rotatable bonds is 5. The second-order valence-corrected chi connectivity index (χ2v) is 10.00. The fourth-order valence-electron chi connectivity index (χ4n) is 4.01. The molecule has 1 aromatic carbocycles. The first-order chi connectivity index (χ1) is 16.4. The Hall–Kier alpha value is -2.29. The summed E-state index contributed by atoms with van der Waals surface area (Å²) in [4.78, 5) is 8.34. The Bertz CT molecular complexity index is 1400. The molecule has 4 aromatic rings. The topological polar surface area (TPSA) is 39.4 Å². The van der Waals surface area contributed by atoms with E-state index in [4.69, 9.17) is 32.9 Å². The summed E-state index contributed by atoms with van der Waals surface area (Å²) in [7, 11) is 0. The minimum atomic E-state index is -4.53. The molecule has 0 aliphatic heterocycles. The molecule has 10 heteroatoms. The smallest absolute Gasteiger partial charge is 0.433 e. The van der Waals surface area contributed by atoms with E-state index in [-0.39, 0.29) is 12.0 Å². The molecule has 0 aliphatic carbocycles. The third-order valence-corrected chi connectivity index (χ3v) is 6.90. The van der Waals surface area contributed by atoms with Crippen LogP contribution in [-0.2, 0) is 6.18 Å². The van der Waals surface area contributed by atoms with E-state index >= 15 is 0 Å². The molecule has 0 radical (unpaired) electrons. The minimum Gasteiger partial charge on any atom is -0.490 e. The van der Waals surface area contributed by atoms with Crippen LogP contribution in [0.1, 0.15) is 49.3 Å². The van der Waals surface area contributed by atoms with E-state index in [0.717, 1.165) is 17.1 Å². The zero-order valence-electron chi connectivity index (χ0n) is 19.2. The Balaban J connectivity index is 1.95. The number of ether oxygens (including phenoxy) is 1. The number of aromatic nitrogens is 3. The van der Waals surface area contributed by atoms with Gasteiger partial charge in [0.15, 0.2) is 0 Å². The van der Waals surface area contributed by atoms with E-state index in [1.165, 1.54) is 12.3 Å². The van der Waals surface area contributed by atoms with Crippen LogP contribution in [0, 0.1) is 6.92 Å². The normalized spacial score (nSPS) is 13.0. The summed E-state index contributed by atoms with van der Waals surface area (Å²) >= 11 is 16.5. The van der Waals surface area contributed by atoms with Gasteiger partial charge in [0.05, 0.1) is 16.6 Å². The lowest BCUT2D eigenvalue weighted by Crippen LogP contribution is -2.13. The molecule has 0 bridgehead atoms. The number of imidazole rings is 1. The van der Waals surface area contributed by atoms with Crippen molar-refractivity contribution in [3.63, 3.8) is 0 Å². The van der Waals surface area contributed by atoms with E-state index in [1.54, 1.807) is 13.0 Å². The minimum absolute atomic E-state index is 0.208. The van der Waals surface area contributed by atoms with Crippen molar-refractivity contribution in [2.45, 2.75) is 45.9 Å². The van der Waals surface area contributed by atoms with Crippen LogP contribution in [0.15, 0.2) is 47.3 Å². The van der Waals surface area contributed by atoms with Crippen molar-refractivity contribution in [3.8, 4) is 16.9 Å². The molecule has 4 nitrogen and oxygen atoms in total. The van der Waals surface area contributed by atoms with Gasteiger partial charge in [-0.05, 0) is 66.5 Å². The molecule has 0 N–H and O–H groups in total. The highest BCUT2D eigenvalue weighted by Crippen LogP contribution is 2.45. The number of pyridine rings is 2. The molecular formula is C25H21BrCl2F3N3O. The van der Waals surface area contributed by atoms with Gasteiger partial charge in [-0.1, -0.05) is 36.2 Å². The van der Waals surface area contributed by atoms with Gasteiger partial charge in [0.2, 0.25) is 0 Å². The van der Waals surface area contributed by atoms with Crippen LogP contribution < -0.4 is 4.74 Å². The molecule has 0 spiro atoms. The average molecular weight is 587 g/mol. The van der Waals surface area contributed by atoms with Gasteiger partial charge in [0, 0.05) is 40.0 Å². The molecule has 3 aromatic heterocycles. The van der Waals surface area contributed by atoms with Crippen molar-refractivity contribution < 1.29 is 17.9 Å². The molecule has 1 atom stereocenters. The van der Waals surface area contributed by atoms with E-state index in [0.29, 0.717) is 42.9 Å². The summed E-state index contributed by atoms with van der Waals surface area (Å²) in [5.41, 5.74) is 2.24. The summed E-state index contributed by atoms with van der Waals surface area (Å²) < 4.78 is 48.1. The van der Waals surface area contributed by atoms with Crippen LogP contribution in [-0.4, -0.2) is 20.5 Å². The van der Waals surface area contributed by atoms with Crippen LogP contribution in [0.2, 0.25) is 10.0 Å². The number of hydrogen-bond donors (Lipinski definition) is 0. The van der Waals surface area contributed by atoms with Crippen LogP contribution in [0.25, 0.3) is 16.6 Å². The first-order valence-corrected chi connectivity index (χ1v) is 12.3. The van der Waals surface area contributed by atoms with Crippen molar-refractivity contribution in [2.24, 2.45) is 0 Å². The highest BCUT2D eigenvalue weighted by Gasteiger charge is 2.33. The van der Waals surface area contributed by atoms with Crippen LogP contribution >= 0.6 is 39.1 Å². The highest BCUT2D eigenvalue weighted by atomic mass is 79.9. The van der Waals surface area contributed by atoms with Gasteiger partial charge >= 0.3 is 6.18 Å². The second-order valence-electron chi connectivity index (χ2n) is 8.43. The monoisotopic (exact) mass is 585 g/mol. The van der Waals surface area contributed by atoms with Crippen molar-refractivity contribution in [3.05, 3.63) is 80.0 Å². The Morgan fingerprint density at radius 3 is 2.40 bits per heavy atom. The van der Waals surface area contributed by atoms with E-state index < -0.39 is 11.9 Å². The number of benzene rings is 1. The second kappa shape index (κ2) is 9.64. The van der Waals surface area contributed by atoms with Gasteiger partial charge in [0.25, 0.3) is 0 Å². The van der Waals surface area contributed by atoms with Crippen LogP contribution in [0.4, 0.5) is 13.2 Å². The fourth-order valence-corrected chi connectivity index (χ4v) is 5.17. The largest absolute Gasteiger partial charge is 0.490 e. The quantitative estimate of drug-likeness (QED) is 0.235. The summed E-state index contributed by atoms with van der Waals surface area (Å²) in [6.07, 6.45) is -1.68. The maximum absolute atomic E-state index is 13.1. The van der Waals surface area contributed by atoms with E-state index in [2.05, 4.69) is 20.9 Å². The predicted molar refractivity (Wildman–Crippen MR) is 136 cm³/mol. The van der Waals surface area contributed by atoms with Crippen molar-refractivity contribution >= 4 is 44.6 Å². The van der Waals surface area contributed by atoms with E-state index in [1.807, 2.05) is 43.5 Å². The third kappa shape index (κ3) is 4.88. The Morgan fingerprint density at radius 1 is 1.09 bits per heavy atom. The molecule has 1 unspecified atom stereocenters. The maximum Gasteiger partial charge on any atom is 0.433 e. The first kappa shape index (κ1) is 25.8. The molecule has 0 amide bonds. The van der Waals surface area contributed by atoms with Crippen LogP contribution in [0.3, 0.4) is 0 Å². The molecule has 4 rings (SSSR count). The SMILES string of the molecule is Cc1c(Cl)cc(C(C)c2nc(Br)c3c(Cl)cccn23)c(OC(C)C)c1-c1ccc(C(F)(F)F)nc1. The molecule has 0 saturated heterocycles. The Kier molecular flexibility index (Phi) is 7.10. The summed E-state index contributed by atoms with van der Waals surface area (Å²) in [6.45, 7) is 7.53. The third-order valence-electron chi connectivity index (χ3n) is 5.65. The standard InChI is InChI=1S/C25H21BrCl2F3N3O/c1-12(2)35-22-16(13(3)24-33-23(26)21-17(27)6-5-9-34(21)24)10-18(28)14(4)20(22)15-7-8-19(32-11-15)25(29,30)31/h5-13H,1-4H3. The van der Waals surface area contributed by atoms with E-state index in [9.17, 15) is 13.2 Å². The maximum atomic E-state index is 13.1. The zero-order chi connectivity index (χ0) is 25.7. The first-order valence-electron chi connectivity index (χ1n) is 10.7. The van der Waals surface area contributed by atoms with Gasteiger partial charge in [-0.25, -0.2) is 4.98 Å². The lowest BCUT2D eigenvalue weighted by Gasteiger charge is -2.24. The van der Waals surface area contributed by atoms with Gasteiger partial charge in [-0.3, -0.25) is 4.98 Å². The summed E-state index contributed by atoms with van der Waals surface area (Å²) in [5.74, 6) is 0.908. The number of nitrogens with zero attached hydrogens (tertiary/aromatic N) is 3. The number of alkyl halides is 3. The summed E-state index contributed by atoms with van der Waals surface area (Å²) in [5, 5.41) is 0.998. The summed E-state index contributed by atoms with van der Waals surface area (Å²) in [6, 6.07) is 7.77.